The molecule has 0 saturated carbocycles. The van der Waals surface area contributed by atoms with Gasteiger partial charge in [-0.1, -0.05) is 18.2 Å². The third kappa shape index (κ3) is 2.96. The number of hydrogen-bond donors (Lipinski definition) is 1. The molecule has 1 N–H and O–H groups in total. The molecule has 28 heavy (non-hydrogen) atoms. The van der Waals surface area contributed by atoms with Crippen molar-refractivity contribution in [3.63, 3.8) is 0 Å². The molecule has 0 unspecified atom stereocenters. The van der Waals surface area contributed by atoms with Crippen LogP contribution in [0.2, 0.25) is 0 Å². The van der Waals surface area contributed by atoms with E-state index in [4.69, 9.17) is 9.47 Å². The van der Waals surface area contributed by atoms with Gasteiger partial charge in [0.2, 0.25) is 11.6 Å². The maximum absolute atomic E-state index is 13.2. The lowest BCUT2D eigenvalue weighted by atomic mass is 10.1. The van der Waals surface area contributed by atoms with Crippen LogP contribution in [0.5, 0.6) is 5.75 Å². The molecule has 2 aromatic carbocycles. The van der Waals surface area contributed by atoms with Crippen molar-refractivity contribution in [2.24, 2.45) is 0 Å². The number of aromatic nitrogens is 3. The molecular weight excluding hydrogens is 358 g/mol. The van der Waals surface area contributed by atoms with Gasteiger partial charge in [0.15, 0.2) is 0 Å². The molecule has 7 nitrogen and oxygen atoms in total. The lowest BCUT2D eigenvalue weighted by Crippen LogP contribution is -2.14. The number of ether oxygens (including phenoxy) is 2. The summed E-state index contributed by atoms with van der Waals surface area (Å²) in [5, 5.41) is 0.800. The molecule has 0 spiro atoms. The van der Waals surface area contributed by atoms with E-state index in [0.717, 1.165) is 10.9 Å². The van der Waals surface area contributed by atoms with Crippen molar-refractivity contribution in [2.45, 2.75) is 6.92 Å². The van der Waals surface area contributed by atoms with Gasteiger partial charge in [0.05, 0.1) is 19.2 Å². The molecule has 0 radical (unpaired) electrons. The predicted molar refractivity (Wildman–Crippen MR) is 104 cm³/mol. The van der Waals surface area contributed by atoms with Gasteiger partial charge in [-0.3, -0.25) is 4.79 Å². The number of methoxy groups -OCH3 is 1. The van der Waals surface area contributed by atoms with E-state index in [1.165, 1.54) is 0 Å². The van der Waals surface area contributed by atoms with Gasteiger partial charge in [-0.15, -0.1) is 0 Å². The van der Waals surface area contributed by atoms with Crippen LogP contribution >= 0.6 is 0 Å². The van der Waals surface area contributed by atoms with Crippen LogP contribution in [0, 0.1) is 0 Å². The molecule has 0 fully saturated rings. The molecular formula is C21H17N3O4. The molecule has 4 rings (SSSR count). The molecule has 0 saturated heterocycles. The summed E-state index contributed by atoms with van der Waals surface area (Å²) in [6.07, 6.45) is 0. The van der Waals surface area contributed by atoms with E-state index in [2.05, 4.69) is 15.0 Å². The highest BCUT2D eigenvalue weighted by Gasteiger charge is 2.23. The third-order valence-corrected chi connectivity index (χ3v) is 4.38. The summed E-state index contributed by atoms with van der Waals surface area (Å²) in [5.74, 6) is -0.496. The van der Waals surface area contributed by atoms with Gasteiger partial charge in [0.25, 0.3) is 0 Å². The number of carbonyl (C=O) groups is 2. The van der Waals surface area contributed by atoms with Crippen LogP contribution in [0.4, 0.5) is 0 Å². The summed E-state index contributed by atoms with van der Waals surface area (Å²) in [6.45, 7) is 1.89. The molecule has 0 amide bonds. The second-order valence-corrected chi connectivity index (χ2v) is 6.07. The minimum atomic E-state index is -0.668. The fraction of sp³-hybridized carbons (Fsp3) is 0.143. The SMILES string of the molecule is CCOC(=O)c1nc(C(=O)c2ccc(OC)cc2)c2[nH]c3ccccc3c2n1. The molecule has 2 aromatic heterocycles. The molecule has 4 aromatic rings. The summed E-state index contributed by atoms with van der Waals surface area (Å²) < 4.78 is 10.2. The summed E-state index contributed by atoms with van der Waals surface area (Å²) in [4.78, 5) is 37.2. The average molecular weight is 375 g/mol. The van der Waals surface area contributed by atoms with Crippen LogP contribution in [-0.2, 0) is 4.74 Å². The van der Waals surface area contributed by atoms with Crippen molar-refractivity contribution >= 4 is 33.7 Å². The number of rotatable bonds is 5. The van der Waals surface area contributed by atoms with Crippen molar-refractivity contribution in [3.05, 3.63) is 65.6 Å². The van der Waals surface area contributed by atoms with Crippen molar-refractivity contribution in [2.75, 3.05) is 13.7 Å². The number of ketones is 1. The molecule has 0 aliphatic rings. The van der Waals surface area contributed by atoms with Gasteiger partial charge >= 0.3 is 5.97 Å². The quantitative estimate of drug-likeness (QED) is 0.424. The van der Waals surface area contributed by atoms with E-state index in [9.17, 15) is 9.59 Å². The highest BCUT2D eigenvalue weighted by atomic mass is 16.5. The third-order valence-electron chi connectivity index (χ3n) is 4.38. The highest BCUT2D eigenvalue weighted by molar-refractivity contribution is 6.18. The first-order valence-corrected chi connectivity index (χ1v) is 8.76. The Morgan fingerprint density at radius 3 is 2.50 bits per heavy atom. The van der Waals surface area contributed by atoms with Crippen LogP contribution in [0.15, 0.2) is 48.5 Å². The van der Waals surface area contributed by atoms with Crippen LogP contribution < -0.4 is 4.74 Å². The van der Waals surface area contributed by atoms with Crippen molar-refractivity contribution in [3.8, 4) is 5.75 Å². The van der Waals surface area contributed by atoms with Gasteiger partial charge < -0.3 is 14.5 Å². The summed E-state index contributed by atoms with van der Waals surface area (Å²) >= 11 is 0. The van der Waals surface area contributed by atoms with E-state index >= 15 is 0 Å². The monoisotopic (exact) mass is 375 g/mol. The Kier molecular flexibility index (Phi) is 4.49. The lowest BCUT2D eigenvalue weighted by Gasteiger charge is -2.06. The second-order valence-electron chi connectivity index (χ2n) is 6.07. The van der Waals surface area contributed by atoms with Crippen LogP contribution in [-0.4, -0.2) is 40.4 Å². The standard InChI is InChI=1S/C21H17N3O4/c1-3-28-21(26)20-23-16-14-6-4-5-7-15(14)22-17(16)18(24-20)19(25)12-8-10-13(27-2)11-9-12/h4-11,22H,3H2,1-2H3. The van der Waals surface area contributed by atoms with Gasteiger partial charge in [-0.25, -0.2) is 14.8 Å². The summed E-state index contributed by atoms with van der Waals surface area (Å²) in [7, 11) is 1.56. The average Bonchev–Trinajstić information content (AvgIpc) is 3.11. The number of H-pyrrole nitrogens is 1. The number of hydrogen-bond acceptors (Lipinski definition) is 6. The first-order chi connectivity index (χ1) is 13.6. The molecule has 2 heterocycles. The molecule has 0 aliphatic heterocycles. The maximum Gasteiger partial charge on any atom is 0.376 e. The van der Waals surface area contributed by atoms with E-state index < -0.39 is 5.97 Å². The van der Waals surface area contributed by atoms with Crippen molar-refractivity contribution in [1.29, 1.82) is 0 Å². The maximum atomic E-state index is 13.2. The van der Waals surface area contributed by atoms with Gasteiger partial charge in [0, 0.05) is 16.5 Å². The van der Waals surface area contributed by atoms with E-state index in [1.807, 2.05) is 24.3 Å². The van der Waals surface area contributed by atoms with Crippen LogP contribution in [0.1, 0.15) is 33.6 Å². The number of nitrogens with one attached hydrogen (secondary N) is 1. The number of nitrogens with zero attached hydrogens (tertiary/aromatic N) is 2. The largest absolute Gasteiger partial charge is 0.497 e. The number of esters is 1. The first kappa shape index (κ1) is 17.7. The fourth-order valence-corrected chi connectivity index (χ4v) is 3.04. The Balaban J connectivity index is 1.94. The Bertz CT molecular complexity index is 1200. The zero-order chi connectivity index (χ0) is 19.7. The highest BCUT2D eigenvalue weighted by Crippen LogP contribution is 2.27. The van der Waals surface area contributed by atoms with E-state index in [1.54, 1.807) is 38.3 Å². The molecule has 7 heteroatoms. The Labute approximate surface area is 160 Å². The molecule has 140 valence electrons. The fourth-order valence-electron chi connectivity index (χ4n) is 3.04. The summed E-state index contributed by atoms with van der Waals surface area (Å²) in [6, 6.07) is 14.2. The second kappa shape index (κ2) is 7.11. The van der Waals surface area contributed by atoms with E-state index in [-0.39, 0.29) is 23.9 Å². The number of benzene rings is 2. The zero-order valence-electron chi connectivity index (χ0n) is 15.4. The number of aromatic amines is 1. The predicted octanol–water partition coefficient (Wildman–Crippen LogP) is 3.53. The van der Waals surface area contributed by atoms with Gasteiger partial charge in [0.1, 0.15) is 17.0 Å². The summed E-state index contributed by atoms with van der Waals surface area (Å²) in [5.41, 5.74) is 2.33. The number of fused-ring (bicyclic) bond motifs is 3. The Morgan fingerprint density at radius 2 is 1.79 bits per heavy atom. The van der Waals surface area contributed by atoms with Crippen LogP contribution in [0.25, 0.3) is 21.9 Å². The zero-order valence-corrected chi connectivity index (χ0v) is 15.4. The van der Waals surface area contributed by atoms with Crippen molar-refractivity contribution < 1.29 is 19.1 Å². The Hall–Kier alpha value is -3.74. The van der Waals surface area contributed by atoms with Crippen molar-refractivity contribution in [1.82, 2.24) is 15.0 Å². The minimum absolute atomic E-state index is 0.120. The molecule has 0 aliphatic carbocycles. The smallest absolute Gasteiger partial charge is 0.376 e. The minimum Gasteiger partial charge on any atom is -0.497 e. The number of carbonyl (C=O) groups excluding carboxylic acids is 2. The van der Waals surface area contributed by atoms with Crippen LogP contribution in [0.3, 0.4) is 0 Å². The topological polar surface area (TPSA) is 94.2 Å². The number of para-hydroxylation sites is 1. The lowest BCUT2D eigenvalue weighted by molar-refractivity contribution is 0.0512. The first-order valence-electron chi connectivity index (χ1n) is 8.76. The Morgan fingerprint density at radius 1 is 1.04 bits per heavy atom. The van der Waals surface area contributed by atoms with Gasteiger partial charge in [-0.2, -0.15) is 0 Å². The molecule has 0 bridgehead atoms. The normalized spacial score (nSPS) is 10.9. The van der Waals surface area contributed by atoms with E-state index in [0.29, 0.717) is 22.3 Å². The molecule has 0 atom stereocenters. The van der Waals surface area contributed by atoms with Gasteiger partial charge in [-0.05, 0) is 37.3 Å².